The van der Waals surface area contributed by atoms with Crippen LogP contribution in [0.4, 0.5) is 17.6 Å². The van der Waals surface area contributed by atoms with Crippen LogP contribution in [0.25, 0.3) is 0 Å². The molecule has 1 aliphatic rings. The molecule has 2 rings (SSSR count). The van der Waals surface area contributed by atoms with E-state index in [0.29, 0.717) is 38.5 Å². The molecular weight excluding hydrogens is 344 g/mol. The molecule has 2 nitrogen and oxygen atoms in total. The van der Waals surface area contributed by atoms with Crippen molar-refractivity contribution in [1.29, 1.82) is 0 Å². The molecular formula is C17H23ClF4N2. The van der Waals surface area contributed by atoms with Crippen LogP contribution in [0, 0.1) is 11.7 Å². The Kier molecular flexibility index (Phi) is 6.51. The molecule has 1 fully saturated rings. The van der Waals surface area contributed by atoms with Gasteiger partial charge < -0.3 is 5.32 Å². The highest BCUT2D eigenvalue weighted by Gasteiger charge is 2.39. The predicted molar refractivity (Wildman–Crippen MR) is 87.7 cm³/mol. The molecule has 1 heterocycles. The topological polar surface area (TPSA) is 15.3 Å². The summed E-state index contributed by atoms with van der Waals surface area (Å²) >= 11 is 5.81. The molecule has 7 heteroatoms. The number of benzene rings is 1. The molecule has 0 spiro atoms. The van der Waals surface area contributed by atoms with Crippen LogP contribution in [0.2, 0.25) is 5.02 Å². The van der Waals surface area contributed by atoms with Crippen LogP contribution in [-0.2, 0) is 6.18 Å². The van der Waals surface area contributed by atoms with Crippen molar-refractivity contribution in [3.05, 3.63) is 34.1 Å². The van der Waals surface area contributed by atoms with Gasteiger partial charge in [-0.1, -0.05) is 25.4 Å². The van der Waals surface area contributed by atoms with E-state index >= 15 is 0 Å². The van der Waals surface area contributed by atoms with Crippen molar-refractivity contribution in [1.82, 2.24) is 10.2 Å². The van der Waals surface area contributed by atoms with Crippen LogP contribution in [0.1, 0.15) is 43.9 Å². The summed E-state index contributed by atoms with van der Waals surface area (Å²) in [6.07, 6.45) is -3.42. The van der Waals surface area contributed by atoms with E-state index in [-0.39, 0.29) is 10.6 Å². The molecule has 1 atom stereocenters. The zero-order valence-corrected chi connectivity index (χ0v) is 14.6. The quantitative estimate of drug-likeness (QED) is 0.747. The lowest BCUT2D eigenvalue weighted by molar-refractivity contribution is -0.139. The molecule has 0 amide bonds. The fourth-order valence-corrected chi connectivity index (χ4v) is 3.30. The molecule has 1 N–H and O–H groups in total. The largest absolute Gasteiger partial charge is 0.416 e. The molecule has 0 saturated carbocycles. The number of rotatable bonds is 5. The van der Waals surface area contributed by atoms with Gasteiger partial charge in [0.2, 0.25) is 0 Å². The van der Waals surface area contributed by atoms with Gasteiger partial charge in [-0.15, -0.1) is 0 Å². The van der Waals surface area contributed by atoms with E-state index < -0.39 is 23.6 Å². The number of hydrogen-bond acceptors (Lipinski definition) is 2. The van der Waals surface area contributed by atoms with Crippen molar-refractivity contribution in [2.24, 2.45) is 5.92 Å². The van der Waals surface area contributed by atoms with E-state index in [2.05, 4.69) is 5.32 Å². The van der Waals surface area contributed by atoms with Gasteiger partial charge in [-0.05, 0) is 30.9 Å². The Bertz CT molecular complexity index is 554. The second kappa shape index (κ2) is 8.02. The molecule has 1 aliphatic heterocycles. The van der Waals surface area contributed by atoms with Gasteiger partial charge in [0.1, 0.15) is 5.82 Å². The fourth-order valence-electron chi connectivity index (χ4n) is 3.13. The van der Waals surface area contributed by atoms with E-state index in [4.69, 9.17) is 11.6 Å². The third-order valence-electron chi connectivity index (χ3n) is 4.38. The van der Waals surface area contributed by atoms with Crippen LogP contribution >= 0.6 is 11.6 Å². The summed E-state index contributed by atoms with van der Waals surface area (Å²) < 4.78 is 55.0. The molecule has 136 valence electrons. The van der Waals surface area contributed by atoms with Crippen molar-refractivity contribution in [3.63, 3.8) is 0 Å². The van der Waals surface area contributed by atoms with Gasteiger partial charge in [0.15, 0.2) is 0 Å². The molecule has 1 aromatic carbocycles. The highest BCUT2D eigenvalue weighted by molar-refractivity contribution is 6.30. The maximum atomic E-state index is 14.6. The Morgan fingerprint density at radius 2 is 1.79 bits per heavy atom. The smallest absolute Gasteiger partial charge is 0.314 e. The maximum absolute atomic E-state index is 14.6. The summed E-state index contributed by atoms with van der Waals surface area (Å²) in [6.45, 7) is 6.56. The zero-order valence-electron chi connectivity index (χ0n) is 13.9. The number of nitrogens with zero attached hydrogens (tertiary/aromatic N) is 1. The van der Waals surface area contributed by atoms with Crippen LogP contribution in [-0.4, -0.2) is 31.1 Å². The van der Waals surface area contributed by atoms with E-state index in [9.17, 15) is 17.6 Å². The Hall–Kier alpha value is -0.850. The Morgan fingerprint density at radius 1 is 1.17 bits per heavy atom. The minimum Gasteiger partial charge on any atom is -0.314 e. The minimum absolute atomic E-state index is 0.261. The molecule has 24 heavy (non-hydrogen) atoms. The lowest BCUT2D eigenvalue weighted by atomic mass is 9.91. The summed E-state index contributed by atoms with van der Waals surface area (Å²) in [7, 11) is 0. The number of nitrogens with one attached hydrogen (secondary N) is 1. The van der Waals surface area contributed by atoms with Gasteiger partial charge in [-0.3, -0.25) is 4.90 Å². The van der Waals surface area contributed by atoms with Gasteiger partial charge in [0.25, 0.3) is 0 Å². The maximum Gasteiger partial charge on any atom is 0.416 e. The Labute approximate surface area is 145 Å². The number of piperazine rings is 1. The van der Waals surface area contributed by atoms with Crippen molar-refractivity contribution in [2.75, 3.05) is 26.2 Å². The van der Waals surface area contributed by atoms with E-state index in [0.717, 1.165) is 18.6 Å². The van der Waals surface area contributed by atoms with Gasteiger partial charge in [-0.25, -0.2) is 4.39 Å². The fraction of sp³-hybridized carbons (Fsp3) is 0.647. The van der Waals surface area contributed by atoms with Gasteiger partial charge in [-0.2, -0.15) is 13.2 Å². The molecule has 0 aliphatic carbocycles. The summed E-state index contributed by atoms with van der Waals surface area (Å²) in [4.78, 5) is 1.93. The second-order valence-electron chi connectivity index (χ2n) is 6.59. The monoisotopic (exact) mass is 366 g/mol. The first-order chi connectivity index (χ1) is 11.2. The van der Waals surface area contributed by atoms with Crippen LogP contribution in [0.3, 0.4) is 0 Å². The number of halogens is 5. The zero-order chi connectivity index (χ0) is 17.9. The van der Waals surface area contributed by atoms with Crippen molar-refractivity contribution >= 4 is 11.6 Å². The first-order valence-electron chi connectivity index (χ1n) is 8.21. The lowest BCUT2D eigenvalue weighted by Crippen LogP contribution is -2.45. The number of alkyl halides is 3. The first kappa shape index (κ1) is 19.5. The van der Waals surface area contributed by atoms with Crippen molar-refractivity contribution < 1.29 is 17.6 Å². The lowest BCUT2D eigenvalue weighted by Gasteiger charge is -2.37. The minimum atomic E-state index is -4.61. The van der Waals surface area contributed by atoms with E-state index in [1.807, 2.05) is 18.7 Å². The molecule has 1 aromatic rings. The standard InChI is InChI=1S/C17H23ClF4N2/c1-11(2)3-6-14(24-9-7-23-8-10-24)15-12(17(20,21)22)4-5-13(18)16(15)19/h4-5,11,14,23H,3,6-10H2,1-2H3/t14-/m1/s1. The van der Waals surface area contributed by atoms with Crippen LogP contribution in [0.15, 0.2) is 12.1 Å². The average molecular weight is 367 g/mol. The molecule has 0 unspecified atom stereocenters. The van der Waals surface area contributed by atoms with Crippen molar-refractivity contribution in [2.45, 2.75) is 38.9 Å². The highest BCUT2D eigenvalue weighted by atomic mass is 35.5. The SMILES string of the molecule is CC(C)CC[C@H](c1c(C(F)(F)F)ccc(Cl)c1F)N1CCNCC1. The molecule has 0 bridgehead atoms. The summed E-state index contributed by atoms with van der Waals surface area (Å²) in [5, 5.41) is 2.91. The Morgan fingerprint density at radius 3 is 2.33 bits per heavy atom. The number of hydrogen-bond donors (Lipinski definition) is 1. The van der Waals surface area contributed by atoms with Gasteiger partial charge in [0.05, 0.1) is 10.6 Å². The Balaban J connectivity index is 2.48. The predicted octanol–water partition coefficient (Wildman–Crippen LogP) is 4.88. The summed E-state index contributed by atoms with van der Waals surface area (Å²) in [5.41, 5.74) is -1.23. The molecule has 1 saturated heterocycles. The third kappa shape index (κ3) is 4.61. The van der Waals surface area contributed by atoms with Gasteiger partial charge in [0, 0.05) is 37.8 Å². The average Bonchev–Trinajstić information content (AvgIpc) is 2.51. The second-order valence-corrected chi connectivity index (χ2v) is 7.00. The molecule has 0 radical (unpaired) electrons. The van der Waals surface area contributed by atoms with Crippen molar-refractivity contribution in [3.8, 4) is 0 Å². The summed E-state index contributed by atoms with van der Waals surface area (Å²) in [6, 6.07) is 1.26. The van der Waals surface area contributed by atoms with Crippen LogP contribution in [0.5, 0.6) is 0 Å². The van der Waals surface area contributed by atoms with Gasteiger partial charge >= 0.3 is 6.18 Å². The molecule has 0 aromatic heterocycles. The normalized spacial score (nSPS) is 18.2. The highest BCUT2D eigenvalue weighted by Crippen LogP contribution is 2.41. The van der Waals surface area contributed by atoms with E-state index in [1.54, 1.807) is 0 Å². The summed E-state index contributed by atoms with van der Waals surface area (Å²) in [5.74, 6) is -0.620. The van der Waals surface area contributed by atoms with E-state index in [1.165, 1.54) is 0 Å². The third-order valence-corrected chi connectivity index (χ3v) is 4.67. The first-order valence-corrected chi connectivity index (χ1v) is 8.59. The van der Waals surface area contributed by atoms with Crippen LogP contribution < -0.4 is 5.32 Å².